The van der Waals surface area contributed by atoms with Crippen LogP contribution in [-0.2, 0) is 11.3 Å². The largest absolute Gasteiger partial charge is 0.394 e. The number of carbonyl (C=O) groups is 2. The lowest BCUT2D eigenvalue weighted by Gasteiger charge is -2.26. The number of amidine groups is 1. The lowest BCUT2D eigenvalue weighted by molar-refractivity contribution is -0.126. The number of hydrogen-bond acceptors (Lipinski definition) is 10. The van der Waals surface area contributed by atoms with Crippen LogP contribution in [0.5, 0.6) is 0 Å². The van der Waals surface area contributed by atoms with E-state index in [9.17, 15) is 14.7 Å². The van der Waals surface area contributed by atoms with Gasteiger partial charge >= 0.3 is 0 Å². The third kappa shape index (κ3) is 6.42. The number of rotatable bonds is 10. The standard InChI is InChI=1S/C27H31ClN10O3/c1-15(25(40)33-21(14-39)16-7-8-31-23(10-16)37(3)4)38-13-18-6-5-17(9-19(18)26(38)41)24-20(28)12-32-27(35-24)34-22(11-29)36-30-2/h5-12,15,21,29-30,39H,13-14H2,1-4H3,(H,33,40)(H,32,34,35,36)/t15-,21-/m1/s1. The Balaban J connectivity index is 1.52. The minimum atomic E-state index is -0.799. The summed E-state index contributed by atoms with van der Waals surface area (Å²) in [4.78, 5) is 42.8. The van der Waals surface area contributed by atoms with Crippen molar-refractivity contribution >= 4 is 47.2 Å². The number of aliphatic hydroxyl groups excluding tert-OH is 1. The first kappa shape index (κ1) is 29.4. The van der Waals surface area contributed by atoms with Gasteiger partial charge in [-0.05, 0) is 36.2 Å². The van der Waals surface area contributed by atoms with Crippen LogP contribution in [0.1, 0.15) is 34.5 Å². The Morgan fingerprint density at radius 2 is 2.07 bits per heavy atom. The number of amides is 2. The van der Waals surface area contributed by atoms with Crippen LogP contribution in [0.25, 0.3) is 11.3 Å². The van der Waals surface area contributed by atoms with Gasteiger partial charge in [-0.25, -0.2) is 15.0 Å². The number of nitrogens with zero attached hydrogens (tertiary/aromatic N) is 6. The maximum absolute atomic E-state index is 13.4. The van der Waals surface area contributed by atoms with Gasteiger partial charge in [-0.15, -0.1) is 0 Å². The van der Waals surface area contributed by atoms with Crippen LogP contribution in [0, 0.1) is 5.41 Å². The molecule has 3 aromatic rings. The molecule has 1 aliphatic rings. The van der Waals surface area contributed by atoms with Crippen molar-refractivity contribution in [1.82, 2.24) is 30.6 Å². The number of carbonyl (C=O) groups excluding carboxylic acids is 2. The first-order chi connectivity index (χ1) is 19.7. The van der Waals surface area contributed by atoms with Gasteiger partial charge in [0.15, 0.2) is 5.84 Å². The minimum absolute atomic E-state index is 0.172. The Bertz CT molecular complexity index is 1500. The number of pyridine rings is 1. The van der Waals surface area contributed by atoms with Gasteiger partial charge in [0.05, 0.1) is 35.8 Å². The van der Waals surface area contributed by atoms with E-state index in [1.165, 1.54) is 11.1 Å². The second-order valence-electron chi connectivity index (χ2n) is 9.45. The highest BCUT2D eigenvalue weighted by molar-refractivity contribution is 6.34. The van der Waals surface area contributed by atoms with Crippen molar-refractivity contribution in [2.45, 2.75) is 25.6 Å². The van der Waals surface area contributed by atoms with Crippen molar-refractivity contribution in [1.29, 1.82) is 5.41 Å². The average molecular weight is 579 g/mol. The molecule has 214 valence electrons. The molecular formula is C27H31ClN10O3. The Hall–Kier alpha value is -4.62. The number of anilines is 2. The van der Waals surface area contributed by atoms with Crippen LogP contribution in [0.4, 0.5) is 11.8 Å². The van der Waals surface area contributed by atoms with Gasteiger partial charge < -0.3 is 36.4 Å². The van der Waals surface area contributed by atoms with E-state index >= 15 is 0 Å². The van der Waals surface area contributed by atoms with E-state index in [-0.39, 0.29) is 35.9 Å². The van der Waals surface area contributed by atoms with E-state index in [1.807, 2.05) is 19.0 Å². The zero-order valence-electron chi connectivity index (χ0n) is 23.0. The van der Waals surface area contributed by atoms with E-state index in [0.29, 0.717) is 28.2 Å². The summed E-state index contributed by atoms with van der Waals surface area (Å²) < 4.78 is 0. The molecule has 0 unspecified atom stereocenters. The molecule has 3 heterocycles. The summed E-state index contributed by atoms with van der Waals surface area (Å²) in [6, 6.07) is 7.36. The maximum Gasteiger partial charge on any atom is 0.255 e. The van der Waals surface area contributed by atoms with Gasteiger partial charge in [0, 0.05) is 45.0 Å². The molecule has 1 aliphatic heterocycles. The Morgan fingerprint density at radius 3 is 2.76 bits per heavy atom. The van der Waals surface area contributed by atoms with Crippen molar-refractivity contribution in [2.75, 3.05) is 38.0 Å². The van der Waals surface area contributed by atoms with Crippen molar-refractivity contribution in [3.8, 4) is 11.3 Å². The normalized spacial score (nSPS) is 14.2. The summed E-state index contributed by atoms with van der Waals surface area (Å²) in [6.45, 7) is 1.59. The molecule has 2 aromatic heterocycles. The van der Waals surface area contributed by atoms with Crippen molar-refractivity contribution in [3.05, 3.63) is 64.4 Å². The van der Waals surface area contributed by atoms with Crippen LogP contribution in [-0.4, -0.2) is 82.6 Å². The predicted octanol–water partition coefficient (Wildman–Crippen LogP) is 2.05. The lowest BCUT2D eigenvalue weighted by atomic mass is 10.0. The molecule has 0 bridgehead atoms. The molecule has 14 heteroatoms. The Labute approximate surface area is 242 Å². The van der Waals surface area contributed by atoms with Gasteiger partial charge in [-0.3, -0.25) is 9.59 Å². The molecule has 0 radical (unpaired) electrons. The Kier molecular flexibility index (Phi) is 9.10. The number of hydrazone groups is 1. The second kappa shape index (κ2) is 12.7. The van der Waals surface area contributed by atoms with E-state index in [0.717, 1.165) is 11.8 Å². The van der Waals surface area contributed by atoms with Crippen LogP contribution in [0.15, 0.2) is 47.8 Å². The van der Waals surface area contributed by atoms with Gasteiger partial charge in [0.25, 0.3) is 5.91 Å². The highest BCUT2D eigenvalue weighted by atomic mass is 35.5. The number of aromatic nitrogens is 3. The third-order valence-corrected chi connectivity index (χ3v) is 6.82. The Morgan fingerprint density at radius 1 is 1.29 bits per heavy atom. The number of aliphatic hydroxyl groups is 1. The fraction of sp³-hybridized carbons (Fsp3) is 0.296. The molecule has 5 N–H and O–H groups in total. The van der Waals surface area contributed by atoms with Crippen molar-refractivity contribution in [3.63, 3.8) is 0 Å². The zero-order valence-corrected chi connectivity index (χ0v) is 23.8. The fourth-order valence-corrected chi connectivity index (χ4v) is 4.51. The van der Waals surface area contributed by atoms with Crippen LogP contribution < -0.4 is 21.0 Å². The van der Waals surface area contributed by atoms with Gasteiger partial charge in [-0.2, -0.15) is 5.10 Å². The van der Waals surface area contributed by atoms with Crippen LogP contribution in [0.2, 0.25) is 5.02 Å². The highest BCUT2D eigenvalue weighted by Crippen LogP contribution is 2.32. The minimum Gasteiger partial charge on any atom is -0.394 e. The number of hydrogen-bond donors (Lipinski definition) is 5. The number of nitrogens with one attached hydrogen (secondary N) is 4. The summed E-state index contributed by atoms with van der Waals surface area (Å²) in [5.74, 6) is 0.356. The molecular weight excluding hydrogens is 548 g/mol. The second-order valence-corrected chi connectivity index (χ2v) is 9.85. The van der Waals surface area contributed by atoms with E-state index in [2.05, 4.69) is 36.1 Å². The van der Waals surface area contributed by atoms with Crippen molar-refractivity contribution < 1.29 is 14.7 Å². The average Bonchev–Trinajstić information content (AvgIpc) is 3.31. The summed E-state index contributed by atoms with van der Waals surface area (Å²) in [6.07, 6.45) is 4.05. The van der Waals surface area contributed by atoms with Gasteiger partial charge in [0.1, 0.15) is 11.9 Å². The molecule has 0 aliphatic carbocycles. The van der Waals surface area contributed by atoms with E-state index < -0.39 is 18.0 Å². The van der Waals surface area contributed by atoms with Gasteiger partial charge in [0.2, 0.25) is 11.9 Å². The third-order valence-electron chi connectivity index (χ3n) is 6.54. The number of fused-ring (bicyclic) bond motifs is 1. The molecule has 1 aromatic carbocycles. The summed E-state index contributed by atoms with van der Waals surface area (Å²) >= 11 is 6.39. The zero-order chi connectivity index (χ0) is 29.7. The summed E-state index contributed by atoms with van der Waals surface area (Å²) in [7, 11) is 5.30. The predicted molar refractivity (Wildman–Crippen MR) is 157 cm³/mol. The summed E-state index contributed by atoms with van der Waals surface area (Å²) in [5.41, 5.74) is 5.46. The molecule has 0 saturated carbocycles. The molecule has 2 amide bonds. The molecule has 0 fully saturated rings. The van der Waals surface area contributed by atoms with E-state index in [1.54, 1.807) is 50.5 Å². The molecule has 13 nitrogen and oxygen atoms in total. The molecule has 4 rings (SSSR count). The van der Waals surface area contributed by atoms with Crippen molar-refractivity contribution in [2.24, 2.45) is 5.10 Å². The maximum atomic E-state index is 13.4. The van der Waals surface area contributed by atoms with Crippen LogP contribution >= 0.6 is 11.6 Å². The number of benzene rings is 1. The first-order valence-electron chi connectivity index (χ1n) is 12.7. The van der Waals surface area contributed by atoms with Gasteiger partial charge in [-0.1, -0.05) is 23.7 Å². The number of halogens is 1. The fourth-order valence-electron chi connectivity index (χ4n) is 4.31. The SMILES string of the molecule is CN/N=C(\C=N)Nc1ncc(Cl)c(-c2ccc3c(c2)C(=O)N([C@H](C)C(=O)N[C@H](CO)c2ccnc(N(C)C)c2)C3)n1. The van der Waals surface area contributed by atoms with E-state index in [4.69, 9.17) is 17.0 Å². The van der Waals surface area contributed by atoms with Crippen LogP contribution in [0.3, 0.4) is 0 Å². The molecule has 0 spiro atoms. The first-order valence-corrected chi connectivity index (χ1v) is 13.1. The molecule has 0 saturated heterocycles. The smallest absolute Gasteiger partial charge is 0.255 e. The topological polar surface area (TPSA) is 172 Å². The summed E-state index contributed by atoms with van der Waals surface area (Å²) in [5, 5.41) is 27.3. The molecule has 2 atom stereocenters. The quantitative estimate of drug-likeness (QED) is 0.137. The highest BCUT2D eigenvalue weighted by Gasteiger charge is 2.35. The molecule has 41 heavy (non-hydrogen) atoms. The lowest BCUT2D eigenvalue weighted by Crippen LogP contribution is -2.46. The monoisotopic (exact) mass is 578 g/mol.